The van der Waals surface area contributed by atoms with E-state index in [9.17, 15) is 9.59 Å². The summed E-state index contributed by atoms with van der Waals surface area (Å²) in [5.41, 5.74) is 1.88. The van der Waals surface area contributed by atoms with Crippen molar-refractivity contribution in [3.63, 3.8) is 0 Å². The summed E-state index contributed by atoms with van der Waals surface area (Å²) < 4.78 is 5.23. The largest absolute Gasteiger partial charge is 0.457 e. The molecule has 0 spiro atoms. The Hall–Kier alpha value is -2.42. The van der Waals surface area contributed by atoms with Crippen molar-refractivity contribution in [3.8, 4) is 0 Å². The van der Waals surface area contributed by atoms with E-state index in [1.165, 1.54) is 0 Å². The quantitative estimate of drug-likeness (QED) is 0.614. The predicted octanol–water partition coefficient (Wildman–Crippen LogP) is 3.64. The molecule has 0 aliphatic rings. The first kappa shape index (κ1) is 14.0. The lowest BCUT2D eigenvalue weighted by molar-refractivity contribution is 0.0472. The van der Waals surface area contributed by atoms with Crippen LogP contribution < -0.4 is 0 Å². The van der Waals surface area contributed by atoms with E-state index in [0.717, 1.165) is 5.56 Å². The third-order valence-electron chi connectivity index (χ3n) is 2.95. The Labute approximate surface area is 118 Å². The highest BCUT2D eigenvalue weighted by molar-refractivity contribution is 5.98. The fourth-order valence-corrected chi connectivity index (χ4v) is 1.83. The van der Waals surface area contributed by atoms with Gasteiger partial charge in [-0.2, -0.15) is 0 Å². The topological polar surface area (TPSA) is 43.4 Å². The Morgan fingerprint density at radius 1 is 0.950 bits per heavy atom. The fourth-order valence-electron chi connectivity index (χ4n) is 1.83. The van der Waals surface area contributed by atoms with Gasteiger partial charge in [-0.3, -0.25) is 4.79 Å². The van der Waals surface area contributed by atoms with Gasteiger partial charge in [0, 0.05) is 12.0 Å². The van der Waals surface area contributed by atoms with Crippen LogP contribution in [0.3, 0.4) is 0 Å². The average Bonchev–Trinajstić information content (AvgIpc) is 2.53. The fraction of sp³-hybridized carbons (Fsp3) is 0.176. The smallest absolute Gasteiger partial charge is 0.338 e. The molecule has 0 N–H and O–H groups in total. The molecule has 102 valence electrons. The monoisotopic (exact) mass is 268 g/mol. The molecule has 0 atom stereocenters. The lowest BCUT2D eigenvalue weighted by Crippen LogP contribution is -2.07. The molecule has 2 rings (SSSR count). The third-order valence-corrected chi connectivity index (χ3v) is 2.95. The van der Waals surface area contributed by atoms with E-state index in [2.05, 4.69) is 0 Å². The normalized spacial score (nSPS) is 10.1. The van der Waals surface area contributed by atoms with Crippen molar-refractivity contribution < 1.29 is 14.3 Å². The maximum atomic E-state index is 11.9. The van der Waals surface area contributed by atoms with E-state index in [4.69, 9.17) is 4.74 Å². The van der Waals surface area contributed by atoms with Crippen molar-refractivity contribution in [1.29, 1.82) is 0 Å². The minimum absolute atomic E-state index is 0.0164. The van der Waals surface area contributed by atoms with Gasteiger partial charge in [-0.1, -0.05) is 49.4 Å². The van der Waals surface area contributed by atoms with Gasteiger partial charge in [0.2, 0.25) is 0 Å². The van der Waals surface area contributed by atoms with Gasteiger partial charge < -0.3 is 4.74 Å². The summed E-state index contributed by atoms with van der Waals surface area (Å²) in [6.45, 7) is 2.02. The Morgan fingerprint density at radius 3 is 2.35 bits per heavy atom. The van der Waals surface area contributed by atoms with Crippen LogP contribution in [0, 0.1) is 0 Å². The molecule has 0 saturated carbocycles. The van der Waals surface area contributed by atoms with Crippen LogP contribution in [0.25, 0.3) is 0 Å². The zero-order valence-corrected chi connectivity index (χ0v) is 11.3. The van der Waals surface area contributed by atoms with Gasteiger partial charge in [0.15, 0.2) is 5.78 Å². The summed E-state index contributed by atoms with van der Waals surface area (Å²) in [5, 5.41) is 0. The van der Waals surface area contributed by atoms with E-state index in [1.54, 1.807) is 31.2 Å². The van der Waals surface area contributed by atoms with Crippen molar-refractivity contribution in [3.05, 3.63) is 71.3 Å². The molecular weight excluding hydrogens is 252 g/mol. The molecule has 3 heteroatoms. The van der Waals surface area contributed by atoms with Gasteiger partial charge in [0.1, 0.15) is 6.61 Å². The maximum Gasteiger partial charge on any atom is 0.338 e. The van der Waals surface area contributed by atoms with Crippen LogP contribution in [-0.2, 0) is 11.3 Å². The van der Waals surface area contributed by atoms with E-state index < -0.39 is 5.97 Å². The molecule has 0 fully saturated rings. The van der Waals surface area contributed by atoms with Gasteiger partial charge in [-0.15, -0.1) is 0 Å². The number of carbonyl (C=O) groups excluding carboxylic acids is 2. The molecule has 0 aliphatic heterocycles. The number of Topliss-reactive ketones (excluding diaryl/α,β-unsaturated/α-hetero) is 1. The number of ketones is 1. The summed E-state index contributed by atoms with van der Waals surface area (Å²) in [6.07, 6.45) is 0.419. The van der Waals surface area contributed by atoms with E-state index in [1.807, 2.05) is 30.3 Å². The van der Waals surface area contributed by atoms with E-state index >= 15 is 0 Å². The second-order valence-corrected chi connectivity index (χ2v) is 4.42. The van der Waals surface area contributed by atoms with Gasteiger partial charge in [-0.05, 0) is 17.7 Å². The first-order valence-corrected chi connectivity index (χ1v) is 6.55. The number of carbonyl (C=O) groups is 2. The number of hydrogen-bond acceptors (Lipinski definition) is 3. The first-order chi connectivity index (χ1) is 9.70. The Balaban J connectivity index is 2.04. The van der Waals surface area contributed by atoms with E-state index in [0.29, 0.717) is 17.5 Å². The van der Waals surface area contributed by atoms with Crippen molar-refractivity contribution in [1.82, 2.24) is 0 Å². The van der Waals surface area contributed by atoms with Gasteiger partial charge in [0.25, 0.3) is 0 Å². The van der Waals surface area contributed by atoms with Crippen LogP contribution in [0.4, 0.5) is 0 Å². The first-order valence-electron chi connectivity index (χ1n) is 6.55. The SMILES string of the molecule is CCC(=O)c1cccc(C(=O)OCc2ccccc2)c1. The van der Waals surface area contributed by atoms with Crippen molar-refractivity contribution in [2.45, 2.75) is 20.0 Å². The summed E-state index contributed by atoms with van der Waals surface area (Å²) >= 11 is 0. The van der Waals surface area contributed by atoms with Crippen molar-refractivity contribution in [2.75, 3.05) is 0 Å². The van der Waals surface area contributed by atoms with Crippen LogP contribution in [0.2, 0.25) is 0 Å². The van der Waals surface area contributed by atoms with Gasteiger partial charge in [-0.25, -0.2) is 4.79 Å². The Kier molecular flexibility index (Phi) is 4.66. The third kappa shape index (κ3) is 3.54. The molecule has 20 heavy (non-hydrogen) atoms. The average molecular weight is 268 g/mol. The van der Waals surface area contributed by atoms with Crippen LogP contribution >= 0.6 is 0 Å². The molecule has 0 unspecified atom stereocenters. The molecule has 0 aromatic heterocycles. The summed E-state index contributed by atoms with van der Waals surface area (Å²) in [7, 11) is 0. The Morgan fingerprint density at radius 2 is 1.65 bits per heavy atom. The molecular formula is C17H16O3. The molecule has 2 aromatic rings. The number of hydrogen-bond donors (Lipinski definition) is 0. The second kappa shape index (κ2) is 6.66. The summed E-state index contributed by atoms with van der Waals surface area (Å²) in [5.74, 6) is -0.401. The molecule has 0 bridgehead atoms. The van der Waals surface area contributed by atoms with Crippen LogP contribution in [0.1, 0.15) is 39.6 Å². The minimum atomic E-state index is -0.417. The Bertz CT molecular complexity index is 603. The summed E-state index contributed by atoms with van der Waals surface area (Å²) in [6, 6.07) is 16.1. The molecule has 0 heterocycles. The molecule has 0 amide bonds. The maximum absolute atomic E-state index is 11.9. The minimum Gasteiger partial charge on any atom is -0.457 e. The molecule has 2 aromatic carbocycles. The lowest BCUT2D eigenvalue weighted by atomic mass is 10.1. The molecule has 0 saturated heterocycles. The zero-order valence-electron chi connectivity index (χ0n) is 11.3. The van der Waals surface area contributed by atoms with Crippen molar-refractivity contribution >= 4 is 11.8 Å². The van der Waals surface area contributed by atoms with Crippen LogP contribution in [0.15, 0.2) is 54.6 Å². The van der Waals surface area contributed by atoms with Gasteiger partial charge in [0.05, 0.1) is 5.56 Å². The number of benzene rings is 2. The molecule has 0 radical (unpaired) electrons. The number of ether oxygens (including phenoxy) is 1. The molecule has 0 aliphatic carbocycles. The van der Waals surface area contributed by atoms with Gasteiger partial charge >= 0.3 is 5.97 Å². The highest BCUT2D eigenvalue weighted by atomic mass is 16.5. The predicted molar refractivity (Wildman–Crippen MR) is 76.6 cm³/mol. The summed E-state index contributed by atoms with van der Waals surface area (Å²) in [4.78, 5) is 23.6. The van der Waals surface area contributed by atoms with Crippen LogP contribution in [-0.4, -0.2) is 11.8 Å². The molecule has 3 nitrogen and oxygen atoms in total. The highest BCUT2D eigenvalue weighted by Gasteiger charge is 2.10. The lowest BCUT2D eigenvalue weighted by Gasteiger charge is -2.06. The number of esters is 1. The van der Waals surface area contributed by atoms with Crippen LogP contribution in [0.5, 0.6) is 0 Å². The number of rotatable bonds is 5. The second-order valence-electron chi connectivity index (χ2n) is 4.42. The van der Waals surface area contributed by atoms with E-state index in [-0.39, 0.29) is 12.4 Å². The van der Waals surface area contributed by atoms with Crippen molar-refractivity contribution in [2.24, 2.45) is 0 Å². The highest BCUT2D eigenvalue weighted by Crippen LogP contribution is 2.10. The standard InChI is InChI=1S/C17H16O3/c1-2-16(18)14-9-6-10-15(11-14)17(19)20-12-13-7-4-3-5-8-13/h3-11H,2,12H2,1H3. The zero-order chi connectivity index (χ0) is 14.4.